The van der Waals surface area contributed by atoms with Crippen molar-refractivity contribution in [2.24, 2.45) is 0 Å². The zero-order chi connectivity index (χ0) is 12.3. The monoisotopic (exact) mass is 237 g/mol. The molecule has 2 rings (SSSR count). The van der Waals surface area contributed by atoms with Gasteiger partial charge in [-0.1, -0.05) is 12.1 Å². The Morgan fingerprint density at radius 3 is 3.12 bits per heavy atom. The van der Waals surface area contributed by atoms with Crippen molar-refractivity contribution in [3.63, 3.8) is 0 Å². The summed E-state index contributed by atoms with van der Waals surface area (Å²) in [7, 11) is 0. The molecule has 0 fully saturated rings. The molecule has 0 aliphatic heterocycles. The van der Waals surface area contributed by atoms with Gasteiger partial charge in [0.05, 0.1) is 6.61 Å². The molecule has 0 heterocycles. The zero-order valence-electron chi connectivity index (χ0n) is 10.5. The molecule has 0 saturated carbocycles. The normalized spacial score (nSPS) is 20.3. The van der Waals surface area contributed by atoms with Gasteiger partial charge in [-0.05, 0) is 43.9 Å². The Balaban J connectivity index is 2.00. The summed E-state index contributed by atoms with van der Waals surface area (Å²) in [5, 5.41) is 3.51. The van der Waals surface area contributed by atoms with Gasteiger partial charge in [-0.3, -0.25) is 0 Å². The second kappa shape index (κ2) is 5.61. The van der Waals surface area contributed by atoms with Gasteiger partial charge >= 0.3 is 0 Å². The minimum absolute atomic E-state index is 0.0655. The number of hydrogen-bond acceptors (Lipinski definition) is 2. The van der Waals surface area contributed by atoms with E-state index in [1.165, 1.54) is 0 Å². The van der Waals surface area contributed by atoms with E-state index in [0.29, 0.717) is 12.6 Å². The molecule has 1 aromatic carbocycles. The van der Waals surface area contributed by atoms with Crippen LogP contribution < -0.4 is 5.32 Å². The Morgan fingerprint density at radius 1 is 1.53 bits per heavy atom. The van der Waals surface area contributed by atoms with Gasteiger partial charge in [0.1, 0.15) is 5.82 Å². The van der Waals surface area contributed by atoms with E-state index in [1.54, 1.807) is 12.1 Å². The standard InChI is InChI=1S/C14H20FNO/c1-3-17-9-10(2)16-14-8-7-11-12(14)5-4-6-13(11)15/h4-6,10,14,16H,3,7-9H2,1-2H3. The third-order valence-electron chi connectivity index (χ3n) is 3.27. The first-order valence-electron chi connectivity index (χ1n) is 6.33. The van der Waals surface area contributed by atoms with Crippen LogP contribution in [0, 0.1) is 5.82 Å². The molecule has 17 heavy (non-hydrogen) atoms. The maximum Gasteiger partial charge on any atom is 0.126 e. The Morgan fingerprint density at radius 2 is 2.35 bits per heavy atom. The van der Waals surface area contributed by atoms with Gasteiger partial charge in [0.25, 0.3) is 0 Å². The summed E-state index contributed by atoms with van der Waals surface area (Å²) < 4.78 is 18.9. The van der Waals surface area contributed by atoms with Crippen molar-refractivity contribution in [1.29, 1.82) is 0 Å². The Hall–Kier alpha value is -0.930. The SMILES string of the molecule is CCOCC(C)NC1CCc2c(F)cccc21. The number of nitrogens with one attached hydrogen (secondary N) is 1. The van der Waals surface area contributed by atoms with E-state index >= 15 is 0 Å². The van der Waals surface area contributed by atoms with Crippen LogP contribution in [0.4, 0.5) is 4.39 Å². The first-order valence-corrected chi connectivity index (χ1v) is 6.33. The fourth-order valence-corrected chi connectivity index (χ4v) is 2.47. The van der Waals surface area contributed by atoms with Crippen molar-refractivity contribution in [3.8, 4) is 0 Å². The minimum atomic E-state index is -0.0655. The molecule has 1 aliphatic carbocycles. The minimum Gasteiger partial charge on any atom is -0.380 e. The van der Waals surface area contributed by atoms with Gasteiger partial charge in [-0.2, -0.15) is 0 Å². The van der Waals surface area contributed by atoms with Crippen LogP contribution >= 0.6 is 0 Å². The van der Waals surface area contributed by atoms with Gasteiger partial charge in [0.2, 0.25) is 0 Å². The van der Waals surface area contributed by atoms with E-state index in [2.05, 4.69) is 12.2 Å². The molecule has 2 atom stereocenters. The van der Waals surface area contributed by atoms with E-state index in [4.69, 9.17) is 4.74 Å². The van der Waals surface area contributed by atoms with Crippen LogP contribution in [0.1, 0.15) is 37.4 Å². The maximum atomic E-state index is 13.6. The molecule has 2 unspecified atom stereocenters. The second-order valence-electron chi connectivity index (χ2n) is 4.63. The summed E-state index contributed by atoms with van der Waals surface area (Å²) in [5.74, 6) is -0.0655. The maximum absolute atomic E-state index is 13.6. The fourth-order valence-electron chi connectivity index (χ4n) is 2.47. The van der Waals surface area contributed by atoms with Crippen molar-refractivity contribution in [3.05, 3.63) is 35.1 Å². The van der Waals surface area contributed by atoms with Crippen LogP contribution in [0.25, 0.3) is 0 Å². The molecule has 94 valence electrons. The molecule has 1 aromatic rings. The van der Waals surface area contributed by atoms with Gasteiger partial charge < -0.3 is 10.1 Å². The predicted octanol–water partition coefficient (Wildman–Crippen LogP) is 2.83. The van der Waals surface area contributed by atoms with Crippen LogP contribution in [-0.4, -0.2) is 19.3 Å². The molecule has 1 N–H and O–H groups in total. The van der Waals surface area contributed by atoms with Gasteiger partial charge in [-0.25, -0.2) is 4.39 Å². The van der Waals surface area contributed by atoms with Crippen LogP contribution in [0.15, 0.2) is 18.2 Å². The Kier molecular flexibility index (Phi) is 4.13. The largest absolute Gasteiger partial charge is 0.380 e. The molecular formula is C14H20FNO. The van der Waals surface area contributed by atoms with Gasteiger partial charge in [0.15, 0.2) is 0 Å². The number of halogens is 1. The number of fused-ring (bicyclic) bond motifs is 1. The van der Waals surface area contributed by atoms with Crippen molar-refractivity contribution < 1.29 is 9.13 Å². The summed E-state index contributed by atoms with van der Waals surface area (Å²) in [6.45, 7) is 5.54. The van der Waals surface area contributed by atoms with Gasteiger partial charge in [0, 0.05) is 18.7 Å². The molecule has 2 nitrogen and oxygen atoms in total. The third kappa shape index (κ3) is 2.85. The average molecular weight is 237 g/mol. The molecule has 0 bridgehead atoms. The van der Waals surface area contributed by atoms with Crippen molar-refractivity contribution in [2.45, 2.75) is 38.8 Å². The lowest BCUT2D eigenvalue weighted by molar-refractivity contribution is 0.123. The third-order valence-corrected chi connectivity index (χ3v) is 3.27. The summed E-state index contributed by atoms with van der Waals surface area (Å²) in [4.78, 5) is 0. The topological polar surface area (TPSA) is 21.3 Å². The molecule has 3 heteroatoms. The highest BCUT2D eigenvalue weighted by molar-refractivity contribution is 5.35. The summed E-state index contributed by atoms with van der Waals surface area (Å²) in [6, 6.07) is 5.94. The molecule has 0 aromatic heterocycles. The van der Waals surface area contributed by atoms with Crippen LogP contribution in [0.3, 0.4) is 0 Å². The van der Waals surface area contributed by atoms with E-state index in [9.17, 15) is 4.39 Å². The summed E-state index contributed by atoms with van der Waals surface area (Å²) >= 11 is 0. The highest BCUT2D eigenvalue weighted by atomic mass is 19.1. The van der Waals surface area contributed by atoms with E-state index in [-0.39, 0.29) is 11.9 Å². The molecule has 0 amide bonds. The summed E-state index contributed by atoms with van der Waals surface area (Å²) in [5.41, 5.74) is 2.00. The van der Waals surface area contributed by atoms with Crippen molar-refractivity contribution in [2.75, 3.05) is 13.2 Å². The number of hydrogen-bond donors (Lipinski definition) is 1. The molecule has 0 radical (unpaired) electrons. The first-order chi connectivity index (χ1) is 8.22. The van der Waals surface area contributed by atoms with Crippen molar-refractivity contribution >= 4 is 0 Å². The zero-order valence-corrected chi connectivity index (χ0v) is 10.5. The molecule has 1 aliphatic rings. The van der Waals surface area contributed by atoms with Crippen molar-refractivity contribution in [1.82, 2.24) is 5.32 Å². The number of benzene rings is 1. The van der Waals surface area contributed by atoms with Crippen LogP contribution in [-0.2, 0) is 11.2 Å². The number of ether oxygens (including phenoxy) is 1. The van der Waals surface area contributed by atoms with Crippen LogP contribution in [0.5, 0.6) is 0 Å². The summed E-state index contributed by atoms with van der Waals surface area (Å²) in [6.07, 6.45) is 1.81. The lowest BCUT2D eigenvalue weighted by Crippen LogP contribution is -2.33. The van der Waals surface area contributed by atoms with E-state index < -0.39 is 0 Å². The lowest BCUT2D eigenvalue weighted by atomic mass is 10.1. The van der Waals surface area contributed by atoms with Gasteiger partial charge in [-0.15, -0.1) is 0 Å². The smallest absolute Gasteiger partial charge is 0.126 e. The lowest BCUT2D eigenvalue weighted by Gasteiger charge is -2.20. The first kappa shape index (κ1) is 12.5. The van der Waals surface area contributed by atoms with E-state index in [1.807, 2.05) is 13.0 Å². The molecule has 0 spiro atoms. The predicted molar refractivity (Wildman–Crippen MR) is 66.6 cm³/mol. The highest BCUT2D eigenvalue weighted by Gasteiger charge is 2.25. The Labute approximate surface area is 102 Å². The highest BCUT2D eigenvalue weighted by Crippen LogP contribution is 2.32. The Bertz CT molecular complexity index is 380. The fraction of sp³-hybridized carbons (Fsp3) is 0.571. The molecular weight excluding hydrogens is 217 g/mol. The quantitative estimate of drug-likeness (QED) is 0.850. The van der Waals surface area contributed by atoms with E-state index in [0.717, 1.165) is 30.6 Å². The average Bonchev–Trinajstić information content (AvgIpc) is 2.71. The number of rotatable bonds is 5. The molecule has 0 saturated heterocycles. The second-order valence-corrected chi connectivity index (χ2v) is 4.63. The van der Waals surface area contributed by atoms with Crippen LogP contribution in [0.2, 0.25) is 0 Å².